The maximum Gasteiger partial charge on any atom is 0.254 e. The van der Waals surface area contributed by atoms with Crippen molar-refractivity contribution in [2.75, 3.05) is 26.2 Å². The van der Waals surface area contributed by atoms with Gasteiger partial charge < -0.3 is 15.5 Å². The lowest BCUT2D eigenvalue weighted by Gasteiger charge is -2.24. The van der Waals surface area contributed by atoms with Crippen molar-refractivity contribution < 1.29 is 9.59 Å². The van der Waals surface area contributed by atoms with Crippen LogP contribution in [-0.4, -0.2) is 48.9 Å². The van der Waals surface area contributed by atoms with Crippen LogP contribution in [0, 0.1) is 0 Å². The molecule has 2 heterocycles. The first-order valence-corrected chi connectivity index (χ1v) is 8.28. The van der Waals surface area contributed by atoms with E-state index in [0.29, 0.717) is 18.7 Å². The Labute approximate surface area is 148 Å². The number of hydrogen-bond donors (Lipinski definition) is 2. The lowest BCUT2D eigenvalue weighted by molar-refractivity contribution is -0.124. The summed E-state index contributed by atoms with van der Waals surface area (Å²) < 4.78 is 0. The highest BCUT2D eigenvalue weighted by Crippen LogP contribution is 2.20. The van der Waals surface area contributed by atoms with Crippen LogP contribution in [0.1, 0.15) is 29.6 Å². The molecular formula is C18H24ClN3O2. The molecule has 0 aromatic heterocycles. The van der Waals surface area contributed by atoms with Crippen LogP contribution in [0.2, 0.25) is 0 Å². The largest absolute Gasteiger partial charge is 0.351 e. The summed E-state index contributed by atoms with van der Waals surface area (Å²) in [6.45, 7) is 3.07. The number of hydrogen-bond acceptors (Lipinski definition) is 3. The molecule has 0 radical (unpaired) electrons. The summed E-state index contributed by atoms with van der Waals surface area (Å²) in [5.74, 6) is -0.0875. The van der Waals surface area contributed by atoms with Crippen LogP contribution in [0.5, 0.6) is 0 Å². The van der Waals surface area contributed by atoms with E-state index in [4.69, 9.17) is 0 Å². The van der Waals surface area contributed by atoms with Crippen molar-refractivity contribution >= 4 is 24.2 Å². The molecule has 1 aromatic rings. The van der Waals surface area contributed by atoms with Gasteiger partial charge in [-0.15, -0.1) is 12.4 Å². The van der Waals surface area contributed by atoms with Crippen LogP contribution in [0.3, 0.4) is 0 Å². The molecule has 2 N–H and O–H groups in total. The van der Waals surface area contributed by atoms with Gasteiger partial charge in [-0.1, -0.05) is 29.8 Å². The van der Waals surface area contributed by atoms with E-state index in [1.165, 1.54) is 5.57 Å². The van der Waals surface area contributed by atoms with Gasteiger partial charge in [0.2, 0.25) is 5.91 Å². The van der Waals surface area contributed by atoms with E-state index in [-0.39, 0.29) is 30.3 Å². The number of amides is 2. The van der Waals surface area contributed by atoms with Crippen molar-refractivity contribution in [2.45, 2.75) is 25.3 Å². The first-order valence-electron chi connectivity index (χ1n) is 8.28. The van der Waals surface area contributed by atoms with Gasteiger partial charge in [-0.25, -0.2) is 0 Å². The number of carbonyl (C=O) groups is 2. The van der Waals surface area contributed by atoms with Gasteiger partial charge in [0.15, 0.2) is 0 Å². The molecule has 5 nitrogen and oxygen atoms in total. The Morgan fingerprint density at radius 1 is 1.25 bits per heavy atom. The van der Waals surface area contributed by atoms with E-state index in [1.807, 2.05) is 18.2 Å². The summed E-state index contributed by atoms with van der Waals surface area (Å²) in [6.07, 6.45) is 4.72. The molecule has 0 saturated carbocycles. The highest BCUT2D eigenvalue weighted by atomic mass is 35.5. The number of nitrogens with zero attached hydrogens (tertiary/aromatic N) is 1. The fourth-order valence-corrected chi connectivity index (χ4v) is 3.18. The van der Waals surface area contributed by atoms with Crippen LogP contribution >= 0.6 is 12.4 Å². The predicted molar refractivity (Wildman–Crippen MR) is 96.3 cm³/mol. The second kappa shape index (κ2) is 8.85. The Morgan fingerprint density at radius 3 is 2.75 bits per heavy atom. The molecule has 6 heteroatoms. The highest BCUT2D eigenvalue weighted by molar-refractivity contribution is 5.97. The molecule has 3 rings (SSSR count). The topological polar surface area (TPSA) is 61.4 Å². The van der Waals surface area contributed by atoms with Crippen LogP contribution in [0.4, 0.5) is 0 Å². The van der Waals surface area contributed by atoms with Crippen molar-refractivity contribution in [1.29, 1.82) is 0 Å². The fraction of sp³-hybridized carbons (Fsp3) is 0.444. The van der Waals surface area contributed by atoms with E-state index in [0.717, 1.165) is 32.4 Å². The third kappa shape index (κ3) is 4.36. The van der Waals surface area contributed by atoms with E-state index in [9.17, 15) is 9.59 Å². The standard InChI is InChI=1S/C18H23N3O2.ClH/c22-17(20-13-14-8-10-19-11-9-14)16-7-4-12-21(16)18(23)15-5-2-1-3-6-15;/h1-3,5-6,8,16,19H,4,7,9-13H2,(H,20,22);1H. The molecule has 0 bridgehead atoms. The number of benzene rings is 1. The van der Waals surface area contributed by atoms with Crippen LogP contribution in [-0.2, 0) is 4.79 Å². The minimum Gasteiger partial charge on any atom is -0.351 e. The van der Waals surface area contributed by atoms with Crippen molar-refractivity contribution in [3.63, 3.8) is 0 Å². The Kier molecular flexibility index (Phi) is 6.82. The maximum absolute atomic E-state index is 12.6. The Balaban J connectivity index is 0.00000208. The molecule has 24 heavy (non-hydrogen) atoms. The zero-order valence-electron chi connectivity index (χ0n) is 13.7. The molecule has 0 spiro atoms. The molecule has 2 aliphatic heterocycles. The number of nitrogens with one attached hydrogen (secondary N) is 2. The summed E-state index contributed by atoms with van der Waals surface area (Å²) in [6, 6.07) is 8.84. The van der Waals surface area contributed by atoms with E-state index in [2.05, 4.69) is 16.7 Å². The van der Waals surface area contributed by atoms with E-state index in [1.54, 1.807) is 17.0 Å². The molecule has 1 fully saturated rings. The predicted octanol–water partition coefficient (Wildman–Crippen LogP) is 1.75. The number of likely N-dealkylation sites (tertiary alicyclic amines) is 1. The summed E-state index contributed by atoms with van der Waals surface area (Å²) >= 11 is 0. The second-order valence-corrected chi connectivity index (χ2v) is 6.06. The average molecular weight is 350 g/mol. The van der Waals surface area contributed by atoms with Gasteiger partial charge in [-0.2, -0.15) is 0 Å². The van der Waals surface area contributed by atoms with E-state index >= 15 is 0 Å². The Hall–Kier alpha value is -1.85. The summed E-state index contributed by atoms with van der Waals surface area (Å²) in [5, 5.41) is 6.26. The third-order valence-electron chi connectivity index (χ3n) is 4.48. The smallest absolute Gasteiger partial charge is 0.254 e. The molecule has 1 atom stereocenters. The zero-order chi connectivity index (χ0) is 16.1. The first-order chi connectivity index (χ1) is 11.3. The molecular weight excluding hydrogens is 326 g/mol. The molecule has 1 aromatic carbocycles. The summed E-state index contributed by atoms with van der Waals surface area (Å²) in [4.78, 5) is 26.8. The molecule has 1 unspecified atom stereocenters. The van der Waals surface area contributed by atoms with Crippen molar-refractivity contribution in [3.8, 4) is 0 Å². The maximum atomic E-state index is 12.6. The zero-order valence-corrected chi connectivity index (χ0v) is 14.5. The first kappa shape index (κ1) is 18.5. The van der Waals surface area contributed by atoms with Gasteiger partial charge in [-0.3, -0.25) is 9.59 Å². The minimum atomic E-state index is -0.343. The quantitative estimate of drug-likeness (QED) is 0.814. The fourth-order valence-electron chi connectivity index (χ4n) is 3.18. The number of halogens is 1. The molecule has 0 aliphatic carbocycles. The number of carbonyl (C=O) groups excluding carboxylic acids is 2. The minimum absolute atomic E-state index is 0. The molecule has 2 amide bonds. The van der Waals surface area contributed by atoms with Crippen LogP contribution in [0.25, 0.3) is 0 Å². The van der Waals surface area contributed by atoms with Crippen molar-refractivity contribution in [3.05, 3.63) is 47.5 Å². The van der Waals surface area contributed by atoms with Crippen molar-refractivity contribution in [2.24, 2.45) is 0 Å². The van der Waals surface area contributed by atoms with Gasteiger partial charge in [0.1, 0.15) is 6.04 Å². The van der Waals surface area contributed by atoms with Crippen molar-refractivity contribution in [1.82, 2.24) is 15.5 Å². The molecule has 1 saturated heterocycles. The second-order valence-electron chi connectivity index (χ2n) is 6.06. The highest BCUT2D eigenvalue weighted by Gasteiger charge is 2.34. The van der Waals surface area contributed by atoms with Crippen LogP contribution < -0.4 is 10.6 Å². The average Bonchev–Trinajstić information content (AvgIpc) is 3.10. The molecule has 2 aliphatic rings. The third-order valence-corrected chi connectivity index (χ3v) is 4.48. The SMILES string of the molecule is Cl.O=C(NCC1=CCNCC1)C1CCCN1C(=O)c1ccccc1. The Bertz CT molecular complexity index is 604. The monoisotopic (exact) mass is 349 g/mol. The van der Waals surface area contributed by atoms with Gasteiger partial charge in [-0.05, 0) is 37.9 Å². The summed E-state index contributed by atoms with van der Waals surface area (Å²) in [7, 11) is 0. The lowest BCUT2D eigenvalue weighted by Crippen LogP contribution is -2.46. The Morgan fingerprint density at radius 2 is 2.04 bits per heavy atom. The van der Waals surface area contributed by atoms with Crippen LogP contribution in [0.15, 0.2) is 42.0 Å². The molecule has 130 valence electrons. The lowest BCUT2D eigenvalue weighted by atomic mass is 10.1. The normalized spacial score (nSPS) is 20.1. The van der Waals surface area contributed by atoms with Gasteiger partial charge in [0, 0.05) is 25.2 Å². The van der Waals surface area contributed by atoms with Gasteiger partial charge in [0.05, 0.1) is 0 Å². The van der Waals surface area contributed by atoms with E-state index < -0.39 is 0 Å². The number of rotatable bonds is 4. The van der Waals surface area contributed by atoms with Gasteiger partial charge in [0.25, 0.3) is 5.91 Å². The summed E-state index contributed by atoms with van der Waals surface area (Å²) in [5.41, 5.74) is 1.91. The van der Waals surface area contributed by atoms with Gasteiger partial charge >= 0.3 is 0 Å².